The molecule has 1 aliphatic carbocycles. The number of benzene rings is 1. The van der Waals surface area contributed by atoms with Crippen LogP contribution in [-0.4, -0.2) is 29.3 Å². The van der Waals surface area contributed by atoms with Gasteiger partial charge in [-0.3, -0.25) is 4.79 Å². The van der Waals surface area contributed by atoms with Crippen molar-refractivity contribution in [1.29, 1.82) is 5.26 Å². The molecular formula is C25H32N2O4. The van der Waals surface area contributed by atoms with E-state index in [9.17, 15) is 15.2 Å². The van der Waals surface area contributed by atoms with E-state index in [-0.39, 0.29) is 6.42 Å². The highest BCUT2D eigenvalue weighted by Gasteiger charge is 2.42. The first-order chi connectivity index (χ1) is 15.0. The van der Waals surface area contributed by atoms with Crippen LogP contribution in [0.4, 0.5) is 0 Å². The van der Waals surface area contributed by atoms with E-state index in [2.05, 4.69) is 18.0 Å². The van der Waals surface area contributed by atoms with Crippen LogP contribution in [0, 0.1) is 24.2 Å². The topological polar surface area (TPSA) is 95.3 Å². The van der Waals surface area contributed by atoms with Crippen LogP contribution in [0.25, 0.3) is 10.9 Å². The van der Waals surface area contributed by atoms with Gasteiger partial charge in [0.05, 0.1) is 42.5 Å². The van der Waals surface area contributed by atoms with Gasteiger partial charge in [0.15, 0.2) is 0 Å². The van der Waals surface area contributed by atoms with Gasteiger partial charge in [-0.1, -0.05) is 26.2 Å². The molecule has 0 saturated heterocycles. The number of aryl methyl sites for hydroxylation is 1. The monoisotopic (exact) mass is 424 g/mol. The SMILES string of the molecule is CCCC1(CC(=O)O)OCCc2c1[nH]c1c(C)c(COCC3CCCC3)cc(C#N)c21. The summed E-state index contributed by atoms with van der Waals surface area (Å²) in [5.74, 6) is -0.224. The molecule has 0 amide bonds. The van der Waals surface area contributed by atoms with Gasteiger partial charge in [0.2, 0.25) is 0 Å². The van der Waals surface area contributed by atoms with Crippen LogP contribution < -0.4 is 0 Å². The van der Waals surface area contributed by atoms with E-state index in [0.717, 1.165) is 46.3 Å². The molecular weight excluding hydrogens is 392 g/mol. The van der Waals surface area contributed by atoms with E-state index in [1.165, 1.54) is 25.7 Å². The van der Waals surface area contributed by atoms with Gasteiger partial charge in [0.25, 0.3) is 0 Å². The number of aromatic nitrogens is 1. The third-order valence-corrected chi connectivity index (χ3v) is 7.03. The van der Waals surface area contributed by atoms with E-state index >= 15 is 0 Å². The quantitative estimate of drug-likeness (QED) is 0.615. The molecule has 1 aromatic carbocycles. The van der Waals surface area contributed by atoms with Crippen molar-refractivity contribution < 1.29 is 19.4 Å². The normalized spacial score (nSPS) is 21.3. The van der Waals surface area contributed by atoms with Gasteiger partial charge in [-0.2, -0.15) is 5.26 Å². The highest BCUT2D eigenvalue weighted by Crippen LogP contribution is 2.44. The van der Waals surface area contributed by atoms with E-state index in [1.807, 2.05) is 13.0 Å². The van der Waals surface area contributed by atoms with Gasteiger partial charge < -0.3 is 19.6 Å². The molecule has 166 valence electrons. The number of nitrogens with zero attached hydrogens (tertiary/aromatic N) is 1. The van der Waals surface area contributed by atoms with Crippen molar-refractivity contribution in [3.63, 3.8) is 0 Å². The number of carboxylic acid groups (broad SMARTS) is 1. The molecule has 1 atom stereocenters. The Morgan fingerprint density at radius 3 is 2.87 bits per heavy atom. The first-order valence-corrected chi connectivity index (χ1v) is 11.5. The fourth-order valence-corrected chi connectivity index (χ4v) is 5.52. The molecule has 1 saturated carbocycles. The van der Waals surface area contributed by atoms with Gasteiger partial charge in [-0.05, 0) is 61.3 Å². The van der Waals surface area contributed by atoms with E-state index in [1.54, 1.807) is 0 Å². The number of aromatic amines is 1. The minimum atomic E-state index is -0.877. The Balaban J connectivity index is 1.74. The molecule has 1 unspecified atom stereocenters. The second-order valence-electron chi connectivity index (χ2n) is 9.13. The molecule has 2 aromatic rings. The minimum Gasteiger partial charge on any atom is -0.481 e. The number of aliphatic carboxylic acids is 1. The molecule has 2 N–H and O–H groups in total. The number of nitriles is 1. The summed E-state index contributed by atoms with van der Waals surface area (Å²) >= 11 is 0. The van der Waals surface area contributed by atoms with Crippen LogP contribution >= 0.6 is 0 Å². The Morgan fingerprint density at radius 2 is 2.19 bits per heavy atom. The molecule has 4 rings (SSSR count). The van der Waals surface area contributed by atoms with E-state index in [4.69, 9.17) is 9.47 Å². The smallest absolute Gasteiger partial charge is 0.306 e. The first-order valence-electron chi connectivity index (χ1n) is 11.5. The number of carbonyl (C=O) groups is 1. The average Bonchev–Trinajstić information content (AvgIpc) is 3.38. The third-order valence-electron chi connectivity index (χ3n) is 7.03. The van der Waals surface area contributed by atoms with E-state index < -0.39 is 11.6 Å². The lowest BCUT2D eigenvalue weighted by atomic mass is 9.84. The maximum absolute atomic E-state index is 11.7. The van der Waals surface area contributed by atoms with Crippen LogP contribution in [0.5, 0.6) is 0 Å². The lowest BCUT2D eigenvalue weighted by Gasteiger charge is -2.36. The Labute approximate surface area is 183 Å². The molecule has 0 spiro atoms. The molecule has 0 radical (unpaired) electrons. The average molecular weight is 425 g/mol. The maximum atomic E-state index is 11.7. The van der Waals surface area contributed by atoms with Crippen molar-refractivity contribution >= 4 is 16.9 Å². The number of H-pyrrole nitrogens is 1. The van der Waals surface area contributed by atoms with Crippen molar-refractivity contribution in [2.24, 2.45) is 5.92 Å². The van der Waals surface area contributed by atoms with Gasteiger partial charge in [0.1, 0.15) is 5.60 Å². The van der Waals surface area contributed by atoms with Crippen molar-refractivity contribution in [2.45, 2.75) is 77.4 Å². The lowest BCUT2D eigenvalue weighted by Crippen LogP contribution is -2.37. The zero-order valence-corrected chi connectivity index (χ0v) is 18.6. The number of ether oxygens (including phenoxy) is 2. The van der Waals surface area contributed by atoms with Crippen LogP contribution in [-0.2, 0) is 32.9 Å². The van der Waals surface area contributed by atoms with Crippen molar-refractivity contribution in [2.75, 3.05) is 13.2 Å². The summed E-state index contributed by atoms with van der Waals surface area (Å²) in [6.45, 7) is 5.81. The molecule has 6 nitrogen and oxygen atoms in total. The summed E-state index contributed by atoms with van der Waals surface area (Å²) in [6, 6.07) is 4.33. The number of hydrogen-bond donors (Lipinski definition) is 2. The molecule has 1 aliphatic heterocycles. The van der Waals surface area contributed by atoms with Gasteiger partial charge in [-0.15, -0.1) is 0 Å². The Morgan fingerprint density at radius 1 is 1.42 bits per heavy atom. The fraction of sp³-hybridized carbons (Fsp3) is 0.600. The fourth-order valence-electron chi connectivity index (χ4n) is 5.52. The largest absolute Gasteiger partial charge is 0.481 e. The predicted octanol–water partition coefficient (Wildman–Crippen LogP) is 5.10. The summed E-state index contributed by atoms with van der Waals surface area (Å²) in [4.78, 5) is 15.2. The van der Waals surface area contributed by atoms with Crippen molar-refractivity contribution in [1.82, 2.24) is 4.98 Å². The van der Waals surface area contributed by atoms with Crippen LogP contribution in [0.15, 0.2) is 6.07 Å². The summed E-state index contributed by atoms with van der Waals surface area (Å²) < 4.78 is 12.2. The number of carboxylic acids is 1. The molecule has 31 heavy (non-hydrogen) atoms. The second kappa shape index (κ2) is 9.02. The zero-order chi connectivity index (χ0) is 22.0. The van der Waals surface area contributed by atoms with Gasteiger partial charge in [-0.25, -0.2) is 0 Å². The highest BCUT2D eigenvalue weighted by atomic mass is 16.5. The standard InChI is InChI=1S/C25H32N2O4/c1-3-9-25(12-21(28)29)24-20(8-10-31-25)22-18(13-26)11-19(16(2)23(22)27-24)15-30-14-17-6-4-5-7-17/h11,17,27H,3-10,12,14-15H2,1-2H3,(H,28,29). The molecule has 2 aliphatic rings. The number of hydrogen-bond acceptors (Lipinski definition) is 4. The summed E-state index contributed by atoms with van der Waals surface area (Å²) in [6.07, 6.45) is 7.10. The molecule has 6 heteroatoms. The third kappa shape index (κ3) is 4.09. The molecule has 1 fully saturated rings. The summed E-state index contributed by atoms with van der Waals surface area (Å²) in [5.41, 5.74) is 4.62. The Hall–Kier alpha value is -2.36. The Kier molecular flexibility index (Phi) is 6.36. The van der Waals surface area contributed by atoms with Crippen LogP contribution in [0.2, 0.25) is 0 Å². The molecule has 2 heterocycles. The molecule has 1 aromatic heterocycles. The number of fused-ring (bicyclic) bond motifs is 3. The summed E-state index contributed by atoms with van der Waals surface area (Å²) in [5, 5.41) is 20.4. The second-order valence-corrected chi connectivity index (χ2v) is 9.13. The number of nitrogens with one attached hydrogen (secondary N) is 1. The number of rotatable bonds is 8. The van der Waals surface area contributed by atoms with Crippen molar-refractivity contribution in [3.8, 4) is 6.07 Å². The zero-order valence-electron chi connectivity index (χ0n) is 18.6. The maximum Gasteiger partial charge on any atom is 0.306 e. The minimum absolute atomic E-state index is 0.0844. The summed E-state index contributed by atoms with van der Waals surface area (Å²) in [7, 11) is 0. The Bertz CT molecular complexity index is 1010. The predicted molar refractivity (Wildman–Crippen MR) is 118 cm³/mol. The van der Waals surface area contributed by atoms with Crippen LogP contribution in [0.1, 0.15) is 79.8 Å². The highest BCUT2D eigenvalue weighted by molar-refractivity contribution is 5.94. The van der Waals surface area contributed by atoms with Gasteiger partial charge >= 0.3 is 5.97 Å². The van der Waals surface area contributed by atoms with Crippen molar-refractivity contribution in [3.05, 3.63) is 34.0 Å². The first kappa shape index (κ1) is 21.9. The van der Waals surface area contributed by atoms with Gasteiger partial charge in [0, 0.05) is 12.0 Å². The lowest BCUT2D eigenvalue weighted by molar-refractivity contribution is -0.149. The van der Waals surface area contributed by atoms with E-state index in [0.29, 0.717) is 37.5 Å². The van der Waals surface area contributed by atoms with Crippen LogP contribution in [0.3, 0.4) is 0 Å². The molecule has 0 bridgehead atoms.